The summed E-state index contributed by atoms with van der Waals surface area (Å²) in [5, 5.41) is 3.75. The number of primary amides is 1. The Labute approximate surface area is 169 Å². The molecule has 0 radical (unpaired) electrons. The normalized spacial score (nSPS) is 20.8. The van der Waals surface area contributed by atoms with E-state index in [4.69, 9.17) is 5.73 Å². The summed E-state index contributed by atoms with van der Waals surface area (Å²) < 4.78 is 27.8. The summed E-state index contributed by atoms with van der Waals surface area (Å²) in [6, 6.07) is 2.85. The minimum atomic E-state index is -0.971. The van der Waals surface area contributed by atoms with E-state index in [1.165, 1.54) is 29.7 Å². The molecule has 1 amide bonds. The third kappa shape index (κ3) is 4.07. The monoisotopic (exact) mass is 416 g/mol. The third-order valence-corrected chi connectivity index (χ3v) is 5.92. The molecule has 0 aromatic carbocycles. The number of halogens is 2. The van der Waals surface area contributed by atoms with Crippen molar-refractivity contribution in [3.05, 3.63) is 53.3 Å². The zero-order chi connectivity index (χ0) is 20.4. The molecule has 3 aromatic heterocycles. The van der Waals surface area contributed by atoms with E-state index in [-0.39, 0.29) is 31.5 Å². The van der Waals surface area contributed by atoms with Gasteiger partial charge >= 0.3 is 0 Å². The lowest BCUT2D eigenvalue weighted by atomic mass is 9.65. The smallest absolute Gasteiger partial charge is 0.222 e. The molecule has 0 bridgehead atoms. The van der Waals surface area contributed by atoms with E-state index in [0.29, 0.717) is 16.5 Å². The zero-order valence-electron chi connectivity index (χ0n) is 15.3. The lowest BCUT2D eigenvalue weighted by molar-refractivity contribution is -0.117. The number of aromatic nitrogens is 4. The van der Waals surface area contributed by atoms with Crippen LogP contribution in [0.15, 0.2) is 36.9 Å². The Morgan fingerprint density at radius 1 is 1.24 bits per heavy atom. The van der Waals surface area contributed by atoms with Crippen molar-refractivity contribution >= 4 is 23.2 Å². The number of alkyl halides is 1. The second kappa shape index (κ2) is 7.78. The van der Waals surface area contributed by atoms with Gasteiger partial charge in [0.2, 0.25) is 11.9 Å². The van der Waals surface area contributed by atoms with Gasteiger partial charge in [-0.2, -0.15) is 0 Å². The molecular formula is C19H18F2N6OS. The van der Waals surface area contributed by atoms with E-state index in [2.05, 4.69) is 25.3 Å². The number of carbonyl (C=O) groups is 1. The number of rotatable bonds is 7. The van der Waals surface area contributed by atoms with Gasteiger partial charge in [-0.15, -0.1) is 11.3 Å². The van der Waals surface area contributed by atoms with Crippen LogP contribution in [-0.2, 0) is 16.6 Å². The number of hydrogen-bond acceptors (Lipinski definition) is 7. The maximum Gasteiger partial charge on any atom is 0.222 e. The third-order valence-electron chi connectivity index (χ3n) is 4.87. The Morgan fingerprint density at radius 2 is 2.00 bits per heavy atom. The summed E-state index contributed by atoms with van der Waals surface area (Å²) in [7, 11) is 0. The van der Waals surface area contributed by atoms with Gasteiger partial charge < -0.3 is 11.1 Å². The van der Waals surface area contributed by atoms with Crippen molar-refractivity contribution in [2.45, 2.75) is 30.8 Å². The van der Waals surface area contributed by atoms with Crippen LogP contribution >= 0.6 is 11.3 Å². The second-order valence-corrected chi connectivity index (χ2v) is 8.16. The molecule has 0 atom stereocenters. The van der Waals surface area contributed by atoms with Crippen molar-refractivity contribution in [1.29, 1.82) is 0 Å². The van der Waals surface area contributed by atoms with Gasteiger partial charge in [-0.1, -0.05) is 0 Å². The molecule has 29 heavy (non-hydrogen) atoms. The maximum atomic E-state index is 14.2. The fourth-order valence-electron chi connectivity index (χ4n) is 3.46. The minimum absolute atomic E-state index is 0.139. The average molecular weight is 416 g/mol. The number of thiazole rings is 1. The first-order valence-corrected chi connectivity index (χ1v) is 9.81. The molecule has 1 aliphatic rings. The molecule has 1 aliphatic carbocycles. The number of carbonyl (C=O) groups excluding carboxylic acids is 1. The molecule has 1 fully saturated rings. The van der Waals surface area contributed by atoms with Crippen molar-refractivity contribution in [2.24, 2.45) is 5.73 Å². The summed E-state index contributed by atoms with van der Waals surface area (Å²) in [5.74, 6) is -0.505. The number of anilines is 1. The Morgan fingerprint density at radius 3 is 2.66 bits per heavy atom. The summed E-state index contributed by atoms with van der Waals surface area (Å²) in [4.78, 5) is 28.7. The lowest BCUT2D eigenvalue weighted by Crippen LogP contribution is -2.49. The van der Waals surface area contributed by atoms with Crippen LogP contribution in [0.25, 0.3) is 10.6 Å². The highest BCUT2D eigenvalue weighted by Gasteiger charge is 2.48. The van der Waals surface area contributed by atoms with Crippen LogP contribution in [0.3, 0.4) is 0 Å². The predicted molar refractivity (Wildman–Crippen MR) is 105 cm³/mol. The van der Waals surface area contributed by atoms with Gasteiger partial charge in [0.15, 0.2) is 0 Å². The number of nitrogens with one attached hydrogen (secondary N) is 1. The lowest BCUT2D eigenvalue weighted by Gasteiger charge is -2.43. The van der Waals surface area contributed by atoms with Gasteiger partial charge in [0, 0.05) is 47.2 Å². The van der Waals surface area contributed by atoms with Crippen LogP contribution < -0.4 is 11.1 Å². The number of hydrogen-bond donors (Lipinski definition) is 2. The van der Waals surface area contributed by atoms with Gasteiger partial charge in [0.25, 0.3) is 0 Å². The highest BCUT2D eigenvalue weighted by molar-refractivity contribution is 7.15. The molecule has 3 aromatic rings. The summed E-state index contributed by atoms with van der Waals surface area (Å²) in [6.45, 7) is 0.278. The van der Waals surface area contributed by atoms with Crippen molar-refractivity contribution in [3.63, 3.8) is 0 Å². The Kier molecular flexibility index (Phi) is 5.18. The maximum absolute atomic E-state index is 14.2. The molecule has 4 rings (SSSR count). The molecule has 0 saturated heterocycles. The molecule has 3 heterocycles. The van der Waals surface area contributed by atoms with E-state index in [9.17, 15) is 13.6 Å². The van der Waals surface area contributed by atoms with Crippen molar-refractivity contribution in [2.75, 3.05) is 11.9 Å². The highest BCUT2D eigenvalue weighted by atomic mass is 32.1. The largest absolute Gasteiger partial charge is 0.369 e. The SMILES string of the molecule is NC(=O)Cc1cnc(-c2cnc(NCC3(c4ncccc4F)CC(F)C3)nc2)s1. The van der Waals surface area contributed by atoms with Crippen molar-refractivity contribution in [3.8, 4) is 10.6 Å². The van der Waals surface area contributed by atoms with E-state index in [1.54, 1.807) is 18.6 Å². The quantitative estimate of drug-likeness (QED) is 0.613. The van der Waals surface area contributed by atoms with Gasteiger partial charge in [-0.3, -0.25) is 9.78 Å². The fourth-order valence-corrected chi connectivity index (χ4v) is 4.35. The molecule has 0 unspecified atom stereocenters. The number of pyridine rings is 1. The highest BCUT2D eigenvalue weighted by Crippen LogP contribution is 2.45. The Balaban J connectivity index is 1.45. The van der Waals surface area contributed by atoms with Gasteiger partial charge in [-0.25, -0.2) is 23.7 Å². The van der Waals surface area contributed by atoms with Crippen LogP contribution in [0.1, 0.15) is 23.4 Å². The predicted octanol–water partition coefficient (Wildman–Crippen LogP) is 2.64. The van der Waals surface area contributed by atoms with E-state index in [0.717, 1.165) is 4.88 Å². The number of amides is 1. The van der Waals surface area contributed by atoms with E-state index in [1.807, 2.05) is 0 Å². The van der Waals surface area contributed by atoms with Crippen molar-refractivity contribution < 1.29 is 13.6 Å². The minimum Gasteiger partial charge on any atom is -0.369 e. The van der Waals surface area contributed by atoms with Crippen LogP contribution in [0, 0.1) is 5.82 Å². The first kappa shape index (κ1) is 19.3. The number of nitrogens with two attached hydrogens (primary N) is 1. The zero-order valence-corrected chi connectivity index (χ0v) is 16.1. The van der Waals surface area contributed by atoms with Crippen LogP contribution in [-0.4, -0.2) is 38.6 Å². The van der Waals surface area contributed by atoms with Crippen LogP contribution in [0.5, 0.6) is 0 Å². The van der Waals surface area contributed by atoms with Crippen molar-refractivity contribution in [1.82, 2.24) is 19.9 Å². The van der Waals surface area contributed by atoms with Crippen LogP contribution in [0.4, 0.5) is 14.7 Å². The molecule has 3 N–H and O–H groups in total. The number of nitrogens with zero attached hydrogens (tertiary/aromatic N) is 4. The molecule has 0 spiro atoms. The summed E-state index contributed by atoms with van der Waals surface area (Å²) in [5.41, 5.74) is 5.45. The van der Waals surface area contributed by atoms with Gasteiger partial charge in [0.1, 0.15) is 17.0 Å². The average Bonchev–Trinajstić information content (AvgIpc) is 3.13. The molecule has 10 heteroatoms. The fraction of sp³-hybridized carbons (Fsp3) is 0.316. The molecule has 1 saturated carbocycles. The van der Waals surface area contributed by atoms with Gasteiger partial charge in [0.05, 0.1) is 12.1 Å². The van der Waals surface area contributed by atoms with E-state index >= 15 is 0 Å². The second-order valence-electron chi connectivity index (χ2n) is 7.04. The first-order valence-electron chi connectivity index (χ1n) is 8.99. The topological polar surface area (TPSA) is 107 Å². The molecule has 7 nitrogen and oxygen atoms in total. The van der Waals surface area contributed by atoms with Crippen LogP contribution in [0.2, 0.25) is 0 Å². The van der Waals surface area contributed by atoms with E-state index < -0.39 is 23.3 Å². The molecule has 0 aliphatic heterocycles. The Bertz CT molecular complexity index is 1020. The Hall–Kier alpha value is -3.01. The standard InChI is InChI=1S/C19H18F2N6OS/c20-12-5-19(6-12,16-14(21)2-1-3-23-16)10-27-18-25-7-11(8-26-18)17-24-9-13(29-17)4-15(22)28/h1-3,7-9,12H,4-6,10H2,(H2,22,28)(H,25,26,27). The first-order chi connectivity index (χ1) is 13.9. The summed E-state index contributed by atoms with van der Waals surface area (Å²) in [6.07, 6.45) is 5.90. The molecular weight excluding hydrogens is 398 g/mol. The summed E-state index contributed by atoms with van der Waals surface area (Å²) >= 11 is 1.35. The molecule has 150 valence electrons. The van der Waals surface area contributed by atoms with Gasteiger partial charge in [-0.05, 0) is 25.0 Å².